The summed E-state index contributed by atoms with van der Waals surface area (Å²) in [6.07, 6.45) is 1.94. The van der Waals surface area contributed by atoms with Crippen LogP contribution >= 0.6 is 0 Å². The number of rotatable bonds is 5. The largest absolute Gasteiger partial charge is 0.465 e. The molecule has 0 bridgehead atoms. The van der Waals surface area contributed by atoms with E-state index in [9.17, 15) is 4.79 Å². The van der Waals surface area contributed by atoms with Crippen LogP contribution in [0.5, 0.6) is 0 Å². The van der Waals surface area contributed by atoms with Gasteiger partial charge in [0.1, 0.15) is 17.1 Å². The van der Waals surface area contributed by atoms with E-state index < -0.39 is 0 Å². The Kier molecular flexibility index (Phi) is 5.16. The molecular weight excluding hydrogens is 230 g/mol. The summed E-state index contributed by atoms with van der Waals surface area (Å²) in [6.45, 7) is 8.86. The second-order valence-electron chi connectivity index (χ2n) is 4.28. The van der Waals surface area contributed by atoms with Gasteiger partial charge in [-0.15, -0.1) is 0 Å². The van der Waals surface area contributed by atoms with Crippen molar-refractivity contribution in [3.8, 4) is 0 Å². The van der Waals surface area contributed by atoms with E-state index >= 15 is 0 Å². The number of likely N-dealkylation sites (N-methyl/N-ethyl adjacent to an activating group) is 1. The Morgan fingerprint density at radius 1 is 1.61 bits per heavy atom. The number of hydrogen-bond acceptors (Lipinski definition) is 4. The van der Waals surface area contributed by atoms with Crippen molar-refractivity contribution >= 4 is 12.0 Å². The summed E-state index contributed by atoms with van der Waals surface area (Å²) < 4.78 is 10.2. The topological polar surface area (TPSA) is 51.5 Å². The van der Waals surface area contributed by atoms with Gasteiger partial charge in [0, 0.05) is 6.04 Å². The van der Waals surface area contributed by atoms with Crippen LogP contribution in [-0.4, -0.2) is 25.7 Å². The molecule has 1 unspecified atom stereocenters. The van der Waals surface area contributed by atoms with Crippen molar-refractivity contribution in [3.63, 3.8) is 0 Å². The Morgan fingerprint density at radius 2 is 2.28 bits per heavy atom. The first-order valence-electron chi connectivity index (χ1n) is 6.09. The monoisotopic (exact) mass is 251 g/mol. The van der Waals surface area contributed by atoms with Gasteiger partial charge in [-0.25, -0.2) is 4.79 Å². The maximum absolute atomic E-state index is 11.5. The smallest absolute Gasteiger partial charge is 0.341 e. The number of aryl methyl sites for hydroxylation is 1. The highest BCUT2D eigenvalue weighted by molar-refractivity contribution is 5.91. The molecule has 0 amide bonds. The van der Waals surface area contributed by atoms with Gasteiger partial charge in [0.25, 0.3) is 0 Å². The second-order valence-corrected chi connectivity index (χ2v) is 4.28. The van der Waals surface area contributed by atoms with Crippen molar-refractivity contribution in [2.24, 2.45) is 0 Å². The number of ether oxygens (including phenoxy) is 1. The first-order chi connectivity index (χ1) is 8.49. The van der Waals surface area contributed by atoms with Gasteiger partial charge in [0.2, 0.25) is 0 Å². The number of carbonyl (C=O) groups excluding carboxylic acids is 1. The molecule has 0 radical (unpaired) electrons. The molecule has 4 heteroatoms. The maximum atomic E-state index is 11.5. The standard InChI is InChI=1S/C14H21NO3/c1-6-15-10(3)9(2)7-12-8-13(11(4)18-12)14(16)17-5/h7-8,10,15H,6H2,1-5H3. The highest BCUT2D eigenvalue weighted by Gasteiger charge is 2.14. The predicted molar refractivity (Wildman–Crippen MR) is 71.6 cm³/mol. The average molecular weight is 251 g/mol. The molecule has 0 saturated heterocycles. The van der Waals surface area contributed by atoms with Crippen LogP contribution in [0.3, 0.4) is 0 Å². The van der Waals surface area contributed by atoms with Crippen LogP contribution in [0.25, 0.3) is 6.08 Å². The highest BCUT2D eigenvalue weighted by atomic mass is 16.5. The third-order valence-electron chi connectivity index (χ3n) is 2.91. The number of methoxy groups -OCH3 is 1. The van der Waals surface area contributed by atoms with Crippen LogP contribution in [0.15, 0.2) is 16.1 Å². The Morgan fingerprint density at radius 3 is 2.83 bits per heavy atom. The van der Waals surface area contributed by atoms with Gasteiger partial charge in [0.05, 0.1) is 7.11 Å². The van der Waals surface area contributed by atoms with Crippen LogP contribution in [0, 0.1) is 6.92 Å². The summed E-state index contributed by atoms with van der Waals surface area (Å²) in [5.41, 5.74) is 1.63. The highest BCUT2D eigenvalue weighted by Crippen LogP contribution is 2.19. The molecule has 1 aromatic rings. The van der Waals surface area contributed by atoms with Crippen molar-refractivity contribution in [3.05, 3.63) is 28.7 Å². The van der Waals surface area contributed by atoms with E-state index in [2.05, 4.69) is 23.9 Å². The normalized spacial score (nSPS) is 13.5. The van der Waals surface area contributed by atoms with Gasteiger partial charge in [-0.05, 0) is 39.5 Å². The number of furan rings is 1. The number of esters is 1. The van der Waals surface area contributed by atoms with Crippen LogP contribution in [0.1, 0.15) is 42.6 Å². The van der Waals surface area contributed by atoms with E-state index in [1.807, 2.05) is 13.0 Å². The van der Waals surface area contributed by atoms with Gasteiger partial charge in [-0.1, -0.05) is 12.5 Å². The molecule has 0 aliphatic carbocycles. The number of hydrogen-bond donors (Lipinski definition) is 1. The predicted octanol–water partition coefficient (Wildman–Crippen LogP) is 2.78. The molecule has 1 rings (SSSR count). The van der Waals surface area contributed by atoms with E-state index in [4.69, 9.17) is 4.42 Å². The third kappa shape index (κ3) is 3.47. The van der Waals surface area contributed by atoms with Crippen molar-refractivity contribution in [1.82, 2.24) is 5.32 Å². The molecule has 0 saturated carbocycles. The SMILES string of the molecule is CCNC(C)C(C)=Cc1cc(C(=O)OC)c(C)o1. The zero-order chi connectivity index (χ0) is 13.7. The first kappa shape index (κ1) is 14.5. The van der Waals surface area contributed by atoms with Gasteiger partial charge in [-0.3, -0.25) is 0 Å². The van der Waals surface area contributed by atoms with E-state index in [0.717, 1.165) is 12.1 Å². The van der Waals surface area contributed by atoms with Crippen LogP contribution in [0.2, 0.25) is 0 Å². The lowest BCUT2D eigenvalue weighted by Crippen LogP contribution is -2.26. The molecule has 18 heavy (non-hydrogen) atoms. The fraction of sp³-hybridized carbons (Fsp3) is 0.500. The zero-order valence-electron chi connectivity index (χ0n) is 11.7. The number of nitrogens with one attached hydrogen (secondary N) is 1. The molecule has 0 fully saturated rings. The Bertz CT molecular complexity index is 446. The molecule has 0 aliphatic heterocycles. The molecule has 100 valence electrons. The Hall–Kier alpha value is -1.55. The van der Waals surface area contributed by atoms with E-state index in [1.54, 1.807) is 13.0 Å². The third-order valence-corrected chi connectivity index (χ3v) is 2.91. The average Bonchev–Trinajstić information content (AvgIpc) is 2.69. The number of carbonyl (C=O) groups is 1. The minimum absolute atomic E-state index is 0.280. The minimum Gasteiger partial charge on any atom is -0.465 e. The summed E-state index contributed by atoms with van der Waals surface area (Å²) in [6, 6.07) is 1.99. The summed E-state index contributed by atoms with van der Waals surface area (Å²) in [7, 11) is 1.36. The molecule has 1 aromatic heterocycles. The molecule has 1 atom stereocenters. The molecular formula is C14H21NO3. The summed E-state index contributed by atoms with van der Waals surface area (Å²) >= 11 is 0. The second kappa shape index (κ2) is 6.40. The summed E-state index contributed by atoms with van der Waals surface area (Å²) in [5, 5.41) is 3.32. The van der Waals surface area contributed by atoms with Crippen LogP contribution < -0.4 is 5.32 Å². The Labute approximate surface area is 108 Å². The van der Waals surface area contributed by atoms with Crippen LogP contribution in [0.4, 0.5) is 0 Å². The molecule has 1 heterocycles. The van der Waals surface area contributed by atoms with Gasteiger partial charge in [0.15, 0.2) is 0 Å². The molecule has 4 nitrogen and oxygen atoms in total. The fourth-order valence-corrected chi connectivity index (χ4v) is 1.71. The summed E-state index contributed by atoms with van der Waals surface area (Å²) in [5.74, 6) is 0.889. The molecule has 0 spiro atoms. The quantitative estimate of drug-likeness (QED) is 0.818. The molecule has 0 aromatic carbocycles. The van der Waals surface area contributed by atoms with Gasteiger partial charge in [-0.2, -0.15) is 0 Å². The lowest BCUT2D eigenvalue weighted by Gasteiger charge is -2.12. The lowest BCUT2D eigenvalue weighted by atomic mass is 10.1. The molecule has 1 N–H and O–H groups in total. The van der Waals surface area contributed by atoms with E-state index in [-0.39, 0.29) is 12.0 Å². The minimum atomic E-state index is -0.367. The van der Waals surface area contributed by atoms with E-state index in [1.165, 1.54) is 7.11 Å². The van der Waals surface area contributed by atoms with E-state index in [0.29, 0.717) is 17.1 Å². The zero-order valence-corrected chi connectivity index (χ0v) is 11.7. The van der Waals surface area contributed by atoms with Gasteiger partial charge >= 0.3 is 5.97 Å². The van der Waals surface area contributed by atoms with Crippen molar-refractivity contribution in [2.75, 3.05) is 13.7 Å². The van der Waals surface area contributed by atoms with Gasteiger partial charge < -0.3 is 14.5 Å². The Balaban J connectivity index is 2.92. The first-order valence-corrected chi connectivity index (χ1v) is 6.09. The molecule has 0 aliphatic rings. The summed E-state index contributed by atoms with van der Waals surface area (Å²) in [4.78, 5) is 11.5. The van der Waals surface area contributed by atoms with Crippen LogP contribution in [-0.2, 0) is 4.74 Å². The lowest BCUT2D eigenvalue weighted by molar-refractivity contribution is 0.0599. The van der Waals surface area contributed by atoms with Crippen molar-refractivity contribution in [2.45, 2.75) is 33.7 Å². The fourth-order valence-electron chi connectivity index (χ4n) is 1.71. The van der Waals surface area contributed by atoms with Crippen molar-refractivity contribution in [1.29, 1.82) is 0 Å². The van der Waals surface area contributed by atoms with Crippen molar-refractivity contribution < 1.29 is 13.9 Å². The maximum Gasteiger partial charge on any atom is 0.341 e.